The Labute approximate surface area is 881 Å². The van der Waals surface area contributed by atoms with Crippen molar-refractivity contribution in [2.45, 2.75) is 338 Å². The van der Waals surface area contributed by atoms with Crippen LogP contribution in [0.25, 0.3) is 0 Å². The monoisotopic (exact) mass is 2310 g/mol. The van der Waals surface area contributed by atoms with Gasteiger partial charge < -0.3 is 37.9 Å². The standard InChI is InChI=1S/4C17H32Si3.8C4H8O.2Ce.Yb/c4*1-18(2,3)15-10-12-16(19(4,5)6)14-17(13-11-15)20(7,8)9;8*1-2-4-5-3-1;;;/h4*10-14H,1-9H3;8*1-4H2;;;/b4*12-10-,13-11?,15-10?,15-11+,16-12?,16-14+,17-13+,17-14?;;;;;;;;;;;. The van der Waals surface area contributed by atoms with E-state index >= 15 is 0 Å². The number of ether oxygens (including phenoxy) is 8. The minimum Gasteiger partial charge on any atom is -0.381 e. The molecule has 123 heavy (non-hydrogen) atoms. The van der Waals surface area contributed by atoms with Gasteiger partial charge >= 0.3 is 0 Å². The van der Waals surface area contributed by atoms with E-state index in [9.17, 15) is 0 Å². The first-order chi connectivity index (χ1) is 55.3. The minimum atomic E-state index is -1.28. The van der Waals surface area contributed by atoms with Crippen molar-refractivity contribution in [3.05, 3.63) is 184 Å². The molecule has 0 aromatic rings. The van der Waals surface area contributed by atoms with E-state index in [1.54, 1.807) is 62.4 Å². The molecule has 8 aliphatic heterocycles. The molecule has 0 radical (unpaired) electrons. The maximum absolute atomic E-state index is 4.94. The molecule has 0 amide bonds. The molecule has 8 fully saturated rings. The number of allylic oxidation sites excluding steroid dienone is 32. The summed E-state index contributed by atoms with van der Waals surface area (Å²) in [5.41, 5.74) is 0. The summed E-state index contributed by atoms with van der Waals surface area (Å²) in [5.74, 6) is 0. The number of hydrogen-bond acceptors (Lipinski definition) is 8. The van der Waals surface area contributed by atoms with Gasteiger partial charge in [-0.2, -0.15) is 0 Å². The van der Waals surface area contributed by atoms with Crippen LogP contribution in [0.1, 0.15) is 103 Å². The summed E-state index contributed by atoms with van der Waals surface area (Å²) in [5, 5.41) is 19.0. The average molecular weight is 2310 g/mol. The van der Waals surface area contributed by atoms with E-state index in [0.717, 1.165) is 106 Å². The van der Waals surface area contributed by atoms with Gasteiger partial charge in [-0.05, 0) is 103 Å². The Hall–Kier alpha value is 2.40. The van der Waals surface area contributed by atoms with Gasteiger partial charge in [0.15, 0.2) is 0 Å². The second-order valence-electron chi connectivity index (χ2n) is 46.3. The van der Waals surface area contributed by atoms with Crippen LogP contribution in [0, 0.1) is 130 Å². The van der Waals surface area contributed by atoms with Gasteiger partial charge in [0, 0.05) is 236 Å². The summed E-state index contributed by atoms with van der Waals surface area (Å²) in [7, 11) is -15.2. The summed E-state index contributed by atoms with van der Waals surface area (Å²) >= 11 is 0. The smallest absolute Gasteiger partial charge is 0.0775 e. The summed E-state index contributed by atoms with van der Waals surface area (Å²) in [6.45, 7) is 104. The molecule has 0 unspecified atom stereocenters. The van der Waals surface area contributed by atoms with Crippen LogP contribution in [0.5, 0.6) is 0 Å². The molecule has 0 saturated carbocycles. The number of rotatable bonds is 12. The average Bonchev–Trinajstić information content (AvgIpc) is 1.62. The fourth-order valence-corrected chi connectivity index (χ4v) is 27.1. The van der Waals surface area contributed by atoms with Crippen molar-refractivity contribution in [1.29, 1.82) is 0 Å². The van der Waals surface area contributed by atoms with Crippen LogP contribution >= 0.6 is 0 Å². The van der Waals surface area contributed by atoms with Crippen molar-refractivity contribution in [3.8, 4) is 0 Å². The Bertz CT molecular complexity index is 2900. The van der Waals surface area contributed by atoms with Gasteiger partial charge in [0.1, 0.15) is 0 Å². The van der Waals surface area contributed by atoms with Crippen LogP contribution in [0.3, 0.4) is 0 Å². The van der Waals surface area contributed by atoms with Gasteiger partial charge in [0.25, 0.3) is 0 Å². The third kappa shape index (κ3) is 64.2. The Kier molecular flexibility index (Phi) is 68.7. The Morgan fingerprint density at radius 2 is 0.220 bits per heavy atom. The summed E-state index contributed by atoms with van der Waals surface area (Å²) in [6, 6.07) is 0. The zero-order valence-electron chi connectivity index (χ0n) is 86.7. The van der Waals surface area contributed by atoms with Gasteiger partial charge in [-0.15, -0.1) is 0 Å². The molecule has 0 bridgehead atoms. The maximum Gasteiger partial charge on any atom is 0.0775 e. The molecule has 4 aliphatic carbocycles. The third-order valence-electron chi connectivity index (χ3n) is 21.8. The fraction of sp³-hybridized carbons (Fsp3) is 0.680. The van der Waals surface area contributed by atoms with Gasteiger partial charge in [-0.3, -0.25) is 0 Å². The molecule has 0 spiro atoms. The van der Waals surface area contributed by atoms with Crippen molar-refractivity contribution in [2.75, 3.05) is 106 Å². The third-order valence-corrected chi connectivity index (χ3v) is 46.4. The van der Waals surface area contributed by atoms with Crippen LogP contribution in [0.2, 0.25) is 236 Å². The summed E-state index contributed by atoms with van der Waals surface area (Å²) < 4.78 is 39.6. The van der Waals surface area contributed by atoms with Gasteiger partial charge in [0.2, 0.25) is 0 Å². The normalized spacial score (nSPS) is 25.6. The molecule has 710 valence electrons. The van der Waals surface area contributed by atoms with Crippen LogP contribution < -0.4 is 0 Å². The largest absolute Gasteiger partial charge is 0.381 e. The van der Waals surface area contributed by atoms with Crippen molar-refractivity contribution < 1.29 is 168 Å². The molecule has 8 nitrogen and oxygen atoms in total. The fourth-order valence-electron chi connectivity index (χ4n) is 12.5. The molecule has 0 N–H and O–H groups in total. The molecule has 8 heterocycles. The van der Waals surface area contributed by atoms with E-state index in [0.29, 0.717) is 0 Å². The number of hydrogen-bond donors (Lipinski definition) is 0. The second kappa shape index (κ2) is 65.2. The maximum atomic E-state index is 4.94. The zero-order chi connectivity index (χ0) is 91.4. The van der Waals surface area contributed by atoms with Crippen molar-refractivity contribution >= 4 is 96.9 Å². The molecule has 12 rings (SSSR count). The van der Waals surface area contributed by atoms with Crippen LogP contribution in [0.15, 0.2) is 184 Å². The summed E-state index contributed by atoms with van der Waals surface area (Å²) in [4.78, 5) is 0. The molecule has 12 aliphatic rings. The van der Waals surface area contributed by atoms with Crippen LogP contribution in [-0.4, -0.2) is 203 Å². The van der Waals surface area contributed by atoms with E-state index < -0.39 is 96.9 Å². The van der Waals surface area contributed by atoms with Crippen molar-refractivity contribution in [2.24, 2.45) is 0 Å². The van der Waals surface area contributed by atoms with Crippen LogP contribution in [0.4, 0.5) is 0 Å². The Balaban J connectivity index is -0.00000134. The molecular weight excluding hydrogens is 2120 g/mol. The zero-order valence-corrected chi connectivity index (χ0v) is 107. The first-order valence-corrected chi connectivity index (χ1v) is 89.2. The Morgan fingerprint density at radius 1 is 0.138 bits per heavy atom. The van der Waals surface area contributed by atoms with Crippen molar-refractivity contribution in [3.63, 3.8) is 0 Å². The molecule has 0 aromatic carbocycles. The molecule has 0 aromatic heterocycles. The molecule has 8 saturated heterocycles. The Morgan fingerprint density at radius 3 is 0.293 bits per heavy atom. The van der Waals surface area contributed by atoms with E-state index in [2.05, 4.69) is 357 Å². The summed E-state index contributed by atoms with van der Waals surface area (Å²) in [6.07, 6.45) is 69.0. The minimum absolute atomic E-state index is 0. The van der Waals surface area contributed by atoms with E-state index in [1.807, 2.05) is 0 Å². The first kappa shape index (κ1) is 130. The molecule has 0 atom stereocenters. The molecular formula is C100H192Ce2O8Si12Yb. The topological polar surface area (TPSA) is 73.8 Å². The van der Waals surface area contributed by atoms with Gasteiger partial charge in [-0.25, -0.2) is 0 Å². The van der Waals surface area contributed by atoms with Crippen molar-refractivity contribution in [1.82, 2.24) is 0 Å². The molecule has 23 heteroatoms. The second-order valence-corrected chi connectivity index (χ2v) is 107. The van der Waals surface area contributed by atoms with Crippen LogP contribution in [-0.2, 0) is 37.9 Å². The van der Waals surface area contributed by atoms with Gasteiger partial charge in [-0.1, -0.05) is 420 Å². The first-order valence-electron chi connectivity index (χ1n) is 47.2. The quantitative estimate of drug-likeness (QED) is 0.179. The SMILES string of the molecule is C1CCOC1.C1CCOC1.C1CCOC1.C1CCOC1.C1CCOC1.C1CCOC1.C1CCOC1.C1CCOC1.C[Si](C)(C)C1=C/C=C([Si](C)(C)C)\C=C([Si](C)(C)C)/C=C\1.C[Si](C)(C)C1=C/C=C([Si](C)(C)C)\C=C([Si](C)(C)C)/C=C\1.C[Si](C)(C)C1=C/C=C([Si](C)(C)C)\C=C([Si](C)(C)C)/C=C\1.C[Si](C)(C)C1=C/C=C([Si](C)(C)C)\C=C([Si](C)(C)C)/C=C\1.[Ce].[Ce].[Yb]. The van der Waals surface area contributed by atoms with E-state index in [-0.39, 0.29) is 130 Å². The van der Waals surface area contributed by atoms with E-state index in [4.69, 9.17) is 37.9 Å². The predicted octanol–water partition coefficient (Wildman–Crippen LogP) is 30.2. The van der Waals surface area contributed by atoms with E-state index in [1.165, 1.54) is 103 Å². The predicted molar refractivity (Wildman–Crippen MR) is 574 cm³/mol. The van der Waals surface area contributed by atoms with Gasteiger partial charge in [0.05, 0.1) is 96.9 Å².